The van der Waals surface area contributed by atoms with E-state index in [1.165, 1.54) is 11.3 Å². The van der Waals surface area contributed by atoms with Crippen molar-refractivity contribution in [3.63, 3.8) is 0 Å². The molecule has 1 unspecified atom stereocenters. The van der Waals surface area contributed by atoms with Gasteiger partial charge < -0.3 is 9.84 Å². The Hall–Kier alpha value is -0.940. The number of aromatic nitrogens is 1. The van der Waals surface area contributed by atoms with Gasteiger partial charge in [0, 0.05) is 7.11 Å². The molecule has 90 valence electrons. The average Bonchev–Trinajstić information content (AvgIpc) is 2.59. The summed E-state index contributed by atoms with van der Waals surface area (Å²) < 4.78 is 5.14. The lowest BCUT2D eigenvalue weighted by Crippen LogP contribution is -2.03. The van der Waals surface area contributed by atoms with Crippen LogP contribution in [0.3, 0.4) is 0 Å². The van der Waals surface area contributed by atoms with E-state index in [0.717, 1.165) is 5.01 Å². The SMILES string of the molecule is COC(C)c1nc(CC(C)C)c(C(=O)O)s1. The van der Waals surface area contributed by atoms with E-state index in [0.29, 0.717) is 22.9 Å². The van der Waals surface area contributed by atoms with Crippen LogP contribution in [-0.2, 0) is 11.2 Å². The van der Waals surface area contributed by atoms with Gasteiger partial charge in [0.15, 0.2) is 0 Å². The number of carboxylic acids is 1. The van der Waals surface area contributed by atoms with E-state index < -0.39 is 5.97 Å². The molecule has 0 radical (unpaired) electrons. The van der Waals surface area contributed by atoms with Crippen LogP contribution in [-0.4, -0.2) is 23.2 Å². The highest BCUT2D eigenvalue weighted by Gasteiger charge is 2.20. The molecule has 0 aromatic carbocycles. The zero-order valence-electron chi connectivity index (χ0n) is 9.98. The van der Waals surface area contributed by atoms with Gasteiger partial charge in [-0.25, -0.2) is 9.78 Å². The Kier molecular flexibility index (Phi) is 4.44. The Balaban J connectivity index is 3.04. The Labute approximate surface area is 99.3 Å². The van der Waals surface area contributed by atoms with Crippen molar-refractivity contribution in [1.82, 2.24) is 4.98 Å². The van der Waals surface area contributed by atoms with Gasteiger partial charge in [0.25, 0.3) is 0 Å². The molecule has 1 atom stereocenters. The summed E-state index contributed by atoms with van der Waals surface area (Å²) in [6.45, 7) is 5.96. The van der Waals surface area contributed by atoms with Crippen molar-refractivity contribution in [1.29, 1.82) is 0 Å². The van der Waals surface area contributed by atoms with Crippen LogP contribution in [0, 0.1) is 5.92 Å². The van der Waals surface area contributed by atoms with E-state index in [9.17, 15) is 4.79 Å². The second kappa shape index (κ2) is 5.41. The minimum Gasteiger partial charge on any atom is -0.477 e. The fraction of sp³-hybridized carbons (Fsp3) is 0.636. The van der Waals surface area contributed by atoms with E-state index in [1.807, 2.05) is 20.8 Å². The highest BCUT2D eigenvalue weighted by atomic mass is 32.1. The summed E-state index contributed by atoms with van der Waals surface area (Å²) in [5, 5.41) is 9.81. The Morgan fingerprint density at radius 3 is 2.56 bits per heavy atom. The van der Waals surface area contributed by atoms with E-state index in [-0.39, 0.29) is 6.10 Å². The van der Waals surface area contributed by atoms with Crippen molar-refractivity contribution in [2.24, 2.45) is 5.92 Å². The minimum atomic E-state index is -0.900. The number of hydrogen-bond donors (Lipinski definition) is 1. The second-order valence-electron chi connectivity index (χ2n) is 4.11. The number of methoxy groups -OCH3 is 1. The fourth-order valence-corrected chi connectivity index (χ4v) is 2.30. The zero-order valence-corrected chi connectivity index (χ0v) is 10.8. The van der Waals surface area contributed by atoms with Crippen LogP contribution in [0.25, 0.3) is 0 Å². The number of nitrogens with zero attached hydrogens (tertiary/aromatic N) is 1. The number of rotatable bonds is 5. The smallest absolute Gasteiger partial charge is 0.347 e. The monoisotopic (exact) mass is 243 g/mol. The first kappa shape index (κ1) is 13.1. The van der Waals surface area contributed by atoms with Crippen molar-refractivity contribution in [2.75, 3.05) is 7.11 Å². The summed E-state index contributed by atoms with van der Waals surface area (Å²) >= 11 is 1.21. The minimum absolute atomic E-state index is 0.149. The maximum atomic E-state index is 11.1. The van der Waals surface area contributed by atoms with Crippen LogP contribution in [0.4, 0.5) is 0 Å². The number of carbonyl (C=O) groups is 1. The molecule has 1 aromatic heterocycles. The van der Waals surface area contributed by atoms with Crippen molar-refractivity contribution in [3.8, 4) is 0 Å². The number of ether oxygens (including phenoxy) is 1. The van der Waals surface area contributed by atoms with Gasteiger partial charge in [0.2, 0.25) is 0 Å². The quantitative estimate of drug-likeness (QED) is 0.863. The van der Waals surface area contributed by atoms with Gasteiger partial charge >= 0.3 is 5.97 Å². The molecule has 4 nitrogen and oxygen atoms in total. The summed E-state index contributed by atoms with van der Waals surface area (Å²) in [7, 11) is 1.59. The Morgan fingerprint density at radius 1 is 1.50 bits per heavy atom. The molecule has 0 fully saturated rings. The topological polar surface area (TPSA) is 59.4 Å². The van der Waals surface area contributed by atoms with Gasteiger partial charge in [0.05, 0.1) is 5.69 Å². The van der Waals surface area contributed by atoms with Gasteiger partial charge in [0.1, 0.15) is 16.0 Å². The summed E-state index contributed by atoms with van der Waals surface area (Å²) in [5.74, 6) is -0.506. The molecule has 0 bridgehead atoms. The number of carboxylic acid groups (broad SMARTS) is 1. The maximum absolute atomic E-state index is 11.1. The molecule has 0 amide bonds. The predicted molar refractivity (Wildman–Crippen MR) is 63.0 cm³/mol. The fourth-order valence-electron chi connectivity index (χ4n) is 1.34. The number of aromatic carboxylic acids is 1. The van der Waals surface area contributed by atoms with Crippen molar-refractivity contribution < 1.29 is 14.6 Å². The van der Waals surface area contributed by atoms with Crippen LogP contribution in [0.2, 0.25) is 0 Å². The van der Waals surface area contributed by atoms with Crippen molar-refractivity contribution in [2.45, 2.75) is 33.3 Å². The molecule has 0 saturated heterocycles. The van der Waals surface area contributed by atoms with Gasteiger partial charge in [-0.1, -0.05) is 13.8 Å². The van der Waals surface area contributed by atoms with E-state index in [2.05, 4.69) is 4.98 Å². The molecule has 16 heavy (non-hydrogen) atoms. The lowest BCUT2D eigenvalue weighted by molar-refractivity contribution is 0.0700. The standard InChI is InChI=1S/C11H17NO3S/c1-6(2)5-8-9(11(13)14)16-10(12-8)7(3)15-4/h6-7H,5H2,1-4H3,(H,13,14). The molecule has 0 aliphatic carbocycles. The molecule has 1 rings (SSSR count). The highest BCUT2D eigenvalue weighted by molar-refractivity contribution is 7.13. The normalized spacial score (nSPS) is 13.1. The molecule has 5 heteroatoms. The lowest BCUT2D eigenvalue weighted by atomic mass is 10.1. The number of hydrogen-bond acceptors (Lipinski definition) is 4. The zero-order chi connectivity index (χ0) is 12.3. The highest BCUT2D eigenvalue weighted by Crippen LogP contribution is 2.27. The Morgan fingerprint density at radius 2 is 2.12 bits per heavy atom. The molecule has 0 aliphatic rings. The van der Waals surface area contributed by atoms with Crippen molar-refractivity contribution in [3.05, 3.63) is 15.6 Å². The lowest BCUT2D eigenvalue weighted by Gasteiger charge is -2.04. The molecular formula is C11H17NO3S. The van der Waals surface area contributed by atoms with Crippen LogP contribution in [0.15, 0.2) is 0 Å². The molecule has 1 aromatic rings. The van der Waals surface area contributed by atoms with Crippen LogP contribution in [0.1, 0.15) is 47.2 Å². The first-order chi connectivity index (χ1) is 7.45. The van der Waals surface area contributed by atoms with E-state index >= 15 is 0 Å². The average molecular weight is 243 g/mol. The molecule has 1 heterocycles. The third-order valence-electron chi connectivity index (χ3n) is 2.21. The summed E-state index contributed by atoms with van der Waals surface area (Å²) in [5.41, 5.74) is 0.673. The van der Waals surface area contributed by atoms with Gasteiger partial charge in [-0.05, 0) is 19.3 Å². The van der Waals surface area contributed by atoms with Crippen LogP contribution < -0.4 is 0 Å². The molecule has 1 N–H and O–H groups in total. The van der Waals surface area contributed by atoms with Crippen LogP contribution in [0.5, 0.6) is 0 Å². The van der Waals surface area contributed by atoms with Gasteiger partial charge in [-0.15, -0.1) is 11.3 Å². The third kappa shape index (κ3) is 3.02. The summed E-state index contributed by atoms with van der Waals surface area (Å²) in [4.78, 5) is 15.8. The largest absolute Gasteiger partial charge is 0.477 e. The first-order valence-corrected chi connectivity index (χ1v) is 6.03. The van der Waals surface area contributed by atoms with Gasteiger partial charge in [-0.2, -0.15) is 0 Å². The molecule has 0 aliphatic heterocycles. The van der Waals surface area contributed by atoms with Gasteiger partial charge in [-0.3, -0.25) is 0 Å². The third-order valence-corrected chi connectivity index (χ3v) is 3.46. The van der Waals surface area contributed by atoms with Crippen molar-refractivity contribution >= 4 is 17.3 Å². The maximum Gasteiger partial charge on any atom is 0.347 e. The van der Waals surface area contributed by atoms with E-state index in [4.69, 9.17) is 9.84 Å². The Bertz CT molecular complexity index is 373. The van der Waals surface area contributed by atoms with E-state index in [1.54, 1.807) is 7.11 Å². The molecule has 0 saturated carbocycles. The predicted octanol–water partition coefficient (Wildman–Crippen LogP) is 2.75. The summed E-state index contributed by atoms with van der Waals surface area (Å²) in [6.07, 6.45) is 0.540. The van der Waals surface area contributed by atoms with Crippen LogP contribution >= 0.6 is 11.3 Å². The molecule has 0 spiro atoms. The first-order valence-electron chi connectivity index (χ1n) is 5.21. The molecular weight excluding hydrogens is 226 g/mol. The number of thiazole rings is 1. The summed E-state index contributed by atoms with van der Waals surface area (Å²) in [6, 6.07) is 0. The second-order valence-corrected chi connectivity index (χ2v) is 5.14.